The predicted octanol–water partition coefficient (Wildman–Crippen LogP) is 7.44. The molecule has 11 heteroatoms. The van der Waals surface area contributed by atoms with Crippen LogP contribution in [0.5, 0.6) is 11.5 Å². The summed E-state index contributed by atoms with van der Waals surface area (Å²) in [4.78, 5) is 29.9. The van der Waals surface area contributed by atoms with Gasteiger partial charge in [-0.05, 0) is 85.6 Å². The summed E-state index contributed by atoms with van der Waals surface area (Å²) in [6, 6.07) is 16.6. The highest BCUT2D eigenvalue weighted by atomic mass is 35.5. The summed E-state index contributed by atoms with van der Waals surface area (Å²) in [6.07, 6.45) is -0.561. The standard InChI is InChI=1S/C33H41ClN4O5Si/c1-21-27(18-19-28(35-6)29(21)34)36-30(22(2)43-44(8,9)33(3,4)5)32(40)38-37-31(39)24-12-16-26(17-13-24)42-20-23-10-14-25(41-7)15-11-23/h10-19,22,30,36H,20H2,1-5,7-9H3,(H,37,39)(H,38,40)/t22-,30+/m0/s1. The van der Waals surface area contributed by atoms with Gasteiger partial charge in [-0.25, -0.2) is 4.85 Å². The topological polar surface area (TPSA) is 102 Å². The van der Waals surface area contributed by atoms with Crippen molar-refractivity contribution in [2.24, 2.45) is 0 Å². The largest absolute Gasteiger partial charge is 0.497 e. The third-order valence-electron chi connectivity index (χ3n) is 7.82. The Hall–Kier alpha value is -4.04. The Morgan fingerprint density at radius 2 is 1.59 bits per heavy atom. The Bertz CT molecular complexity index is 1500. The van der Waals surface area contributed by atoms with E-state index in [1.807, 2.05) is 31.2 Å². The molecule has 0 unspecified atom stereocenters. The minimum Gasteiger partial charge on any atom is -0.497 e. The van der Waals surface area contributed by atoms with Crippen LogP contribution in [0.2, 0.25) is 23.2 Å². The molecule has 9 nitrogen and oxygen atoms in total. The van der Waals surface area contributed by atoms with Gasteiger partial charge >= 0.3 is 0 Å². The Morgan fingerprint density at radius 3 is 2.16 bits per heavy atom. The first-order valence-corrected chi connectivity index (χ1v) is 17.5. The van der Waals surface area contributed by atoms with Gasteiger partial charge in [-0.1, -0.05) is 50.6 Å². The lowest BCUT2D eigenvalue weighted by Crippen LogP contribution is -2.55. The van der Waals surface area contributed by atoms with Gasteiger partial charge in [-0.15, -0.1) is 0 Å². The normalized spacial score (nSPS) is 12.8. The van der Waals surface area contributed by atoms with Crippen LogP contribution in [-0.4, -0.2) is 39.4 Å². The first kappa shape index (κ1) is 34.4. The molecule has 2 amide bonds. The van der Waals surface area contributed by atoms with Crippen LogP contribution in [-0.2, 0) is 15.8 Å². The molecule has 0 aliphatic carbocycles. The van der Waals surface area contributed by atoms with Crippen molar-refractivity contribution in [1.29, 1.82) is 0 Å². The van der Waals surface area contributed by atoms with Crippen LogP contribution in [0.4, 0.5) is 11.4 Å². The fraction of sp³-hybridized carbons (Fsp3) is 0.364. The third-order valence-corrected chi connectivity index (χ3v) is 12.9. The van der Waals surface area contributed by atoms with E-state index >= 15 is 0 Å². The number of halogens is 1. The van der Waals surface area contributed by atoms with Gasteiger partial charge < -0.3 is 19.2 Å². The highest BCUT2D eigenvalue weighted by molar-refractivity contribution is 6.74. The molecule has 234 valence electrons. The number of benzene rings is 3. The summed E-state index contributed by atoms with van der Waals surface area (Å²) in [5.41, 5.74) is 7.92. The zero-order valence-electron chi connectivity index (χ0n) is 26.5. The van der Waals surface area contributed by atoms with E-state index in [1.54, 1.807) is 50.4 Å². The van der Waals surface area contributed by atoms with E-state index in [0.717, 1.165) is 11.3 Å². The van der Waals surface area contributed by atoms with Gasteiger partial charge in [0, 0.05) is 11.3 Å². The molecule has 44 heavy (non-hydrogen) atoms. The van der Waals surface area contributed by atoms with Crippen LogP contribution in [0.15, 0.2) is 60.7 Å². The van der Waals surface area contributed by atoms with Gasteiger partial charge in [0.25, 0.3) is 11.8 Å². The molecule has 3 rings (SSSR count). The number of carbonyl (C=O) groups excluding carboxylic acids is 2. The van der Waals surface area contributed by atoms with Gasteiger partial charge in [0.05, 0.1) is 24.8 Å². The molecule has 0 aromatic heterocycles. The van der Waals surface area contributed by atoms with Crippen molar-refractivity contribution in [2.75, 3.05) is 12.4 Å². The quantitative estimate of drug-likeness (QED) is 0.115. The maximum Gasteiger partial charge on any atom is 0.269 e. The molecule has 3 N–H and O–H groups in total. The summed E-state index contributed by atoms with van der Waals surface area (Å²) in [5.74, 6) is 0.386. The van der Waals surface area contributed by atoms with Gasteiger partial charge in [-0.3, -0.25) is 20.4 Å². The van der Waals surface area contributed by atoms with Crippen LogP contribution < -0.4 is 25.6 Å². The van der Waals surface area contributed by atoms with Crippen molar-refractivity contribution in [1.82, 2.24) is 10.9 Å². The van der Waals surface area contributed by atoms with Crippen molar-refractivity contribution in [3.05, 3.63) is 93.8 Å². The number of anilines is 1. The Labute approximate surface area is 266 Å². The zero-order chi connectivity index (χ0) is 32.7. The zero-order valence-corrected chi connectivity index (χ0v) is 28.3. The average Bonchev–Trinajstić information content (AvgIpc) is 2.99. The van der Waals surface area contributed by atoms with E-state index in [9.17, 15) is 9.59 Å². The van der Waals surface area contributed by atoms with E-state index in [0.29, 0.717) is 39.9 Å². The SMILES string of the molecule is [C-]#[N+]c1ccc(N[C@@H](C(=O)NNC(=O)c2ccc(OCc3ccc(OC)cc3)cc2)[C@H](C)O[Si](C)(C)C(C)(C)C)c(C)c1Cl. The second-order valence-electron chi connectivity index (χ2n) is 12.0. The smallest absolute Gasteiger partial charge is 0.269 e. The molecule has 3 aromatic rings. The van der Waals surface area contributed by atoms with E-state index in [1.165, 1.54) is 0 Å². The Balaban J connectivity index is 1.70. The molecule has 0 saturated heterocycles. The third kappa shape index (κ3) is 8.75. The summed E-state index contributed by atoms with van der Waals surface area (Å²) < 4.78 is 17.5. The molecule has 0 saturated carbocycles. The minimum absolute atomic E-state index is 0.0858. The molecular formula is C33H41ClN4O5Si. The molecule has 0 radical (unpaired) electrons. The van der Waals surface area contributed by atoms with Gasteiger partial charge in [-0.2, -0.15) is 0 Å². The second kappa shape index (κ2) is 14.6. The lowest BCUT2D eigenvalue weighted by atomic mass is 10.1. The van der Waals surface area contributed by atoms with Gasteiger partial charge in [0.15, 0.2) is 8.32 Å². The molecule has 0 spiro atoms. The van der Waals surface area contributed by atoms with Crippen LogP contribution in [0.1, 0.15) is 49.2 Å². The number of hydrogen-bond acceptors (Lipinski definition) is 6. The summed E-state index contributed by atoms with van der Waals surface area (Å²) in [6.45, 7) is 21.9. The van der Waals surface area contributed by atoms with Crippen molar-refractivity contribution >= 4 is 43.1 Å². The van der Waals surface area contributed by atoms with Crippen LogP contribution in [0.3, 0.4) is 0 Å². The fourth-order valence-corrected chi connectivity index (χ4v) is 5.67. The molecular weight excluding hydrogens is 596 g/mol. The maximum atomic E-state index is 13.5. The molecule has 0 fully saturated rings. The Morgan fingerprint density at radius 1 is 0.977 bits per heavy atom. The van der Waals surface area contributed by atoms with E-state index in [2.05, 4.69) is 54.9 Å². The number of methoxy groups -OCH3 is 1. The highest BCUT2D eigenvalue weighted by Crippen LogP contribution is 2.38. The molecule has 2 atom stereocenters. The van der Waals surface area contributed by atoms with Crippen LogP contribution >= 0.6 is 11.6 Å². The van der Waals surface area contributed by atoms with E-state index in [4.69, 9.17) is 32.1 Å². The monoisotopic (exact) mass is 636 g/mol. The number of rotatable bonds is 11. The van der Waals surface area contributed by atoms with E-state index < -0.39 is 32.3 Å². The lowest BCUT2D eigenvalue weighted by molar-refractivity contribution is -0.124. The molecule has 0 bridgehead atoms. The lowest BCUT2D eigenvalue weighted by Gasteiger charge is -2.40. The molecule has 0 heterocycles. The minimum atomic E-state index is -2.26. The number of hydrogen-bond donors (Lipinski definition) is 3. The molecule has 0 aliphatic heterocycles. The first-order valence-electron chi connectivity index (χ1n) is 14.2. The van der Waals surface area contributed by atoms with Crippen LogP contribution in [0.25, 0.3) is 4.85 Å². The van der Waals surface area contributed by atoms with Gasteiger partial charge in [0.2, 0.25) is 5.69 Å². The van der Waals surface area contributed by atoms with Crippen LogP contribution in [0, 0.1) is 13.5 Å². The van der Waals surface area contributed by atoms with Crippen molar-refractivity contribution in [3.63, 3.8) is 0 Å². The van der Waals surface area contributed by atoms with Gasteiger partial charge in [0.1, 0.15) is 24.1 Å². The molecule has 3 aromatic carbocycles. The number of carbonyl (C=O) groups is 2. The number of ether oxygens (including phenoxy) is 2. The predicted molar refractivity (Wildman–Crippen MR) is 177 cm³/mol. The number of hydrazine groups is 1. The second-order valence-corrected chi connectivity index (χ2v) is 17.1. The number of amides is 2. The number of nitrogens with one attached hydrogen (secondary N) is 3. The number of nitrogens with zero attached hydrogens (tertiary/aromatic N) is 1. The first-order chi connectivity index (χ1) is 20.7. The van der Waals surface area contributed by atoms with Crippen molar-refractivity contribution in [2.45, 2.75) is 71.5 Å². The van der Waals surface area contributed by atoms with Crippen molar-refractivity contribution in [3.8, 4) is 11.5 Å². The summed E-state index contributed by atoms with van der Waals surface area (Å²) in [5, 5.41) is 3.47. The maximum absolute atomic E-state index is 13.5. The average molecular weight is 637 g/mol. The summed E-state index contributed by atoms with van der Waals surface area (Å²) in [7, 11) is -0.644. The highest BCUT2D eigenvalue weighted by Gasteiger charge is 2.41. The van der Waals surface area contributed by atoms with E-state index in [-0.39, 0.29) is 5.04 Å². The fourth-order valence-electron chi connectivity index (χ4n) is 4.05. The molecule has 0 aliphatic rings. The summed E-state index contributed by atoms with van der Waals surface area (Å²) >= 11 is 6.40. The van der Waals surface area contributed by atoms with Crippen molar-refractivity contribution < 1.29 is 23.5 Å². The Kier molecular flexibility index (Phi) is 11.4.